The minimum Gasteiger partial charge on any atom is -0.481 e. The summed E-state index contributed by atoms with van der Waals surface area (Å²) in [6, 6.07) is 0. The van der Waals surface area contributed by atoms with Gasteiger partial charge < -0.3 is 9.52 Å². The molecule has 0 saturated carbocycles. The third kappa shape index (κ3) is 2.95. The fraction of sp³-hybridized carbons (Fsp3) is 0.455. The van der Waals surface area contributed by atoms with Crippen molar-refractivity contribution in [1.82, 2.24) is 19.7 Å². The van der Waals surface area contributed by atoms with Crippen LogP contribution in [0.5, 0.6) is 0 Å². The summed E-state index contributed by atoms with van der Waals surface area (Å²) in [6.07, 6.45) is 2.25. The SMILES string of the molecule is CCCn1c(SCC(=O)O)nnc1-c1ocnc1C. The molecule has 0 aliphatic rings. The highest BCUT2D eigenvalue weighted by molar-refractivity contribution is 7.99. The van der Waals surface area contributed by atoms with E-state index in [0.29, 0.717) is 23.3 Å². The molecule has 0 amide bonds. The van der Waals surface area contributed by atoms with Crippen molar-refractivity contribution in [3.8, 4) is 11.6 Å². The van der Waals surface area contributed by atoms with Crippen molar-refractivity contribution in [1.29, 1.82) is 0 Å². The molecule has 0 fully saturated rings. The first kappa shape index (κ1) is 13.6. The quantitative estimate of drug-likeness (QED) is 0.807. The smallest absolute Gasteiger partial charge is 0.313 e. The second-order valence-corrected chi connectivity index (χ2v) is 4.85. The summed E-state index contributed by atoms with van der Waals surface area (Å²) in [5.74, 6) is 0.235. The molecule has 0 atom stereocenters. The van der Waals surface area contributed by atoms with E-state index in [1.807, 2.05) is 18.4 Å². The van der Waals surface area contributed by atoms with Gasteiger partial charge in [0.2, 0.25) is 5.82 Å². The van der Waals surface area contributed by atoms with Crippen LogP contribution in [0.2, 0.25) is 0 Å². The number of aryl methyl sites for hydroxylation is 1. The fourth-order valence-electron chi connectivity index (χ4n) is 1.63. The van der Waals surface area contributed by atoms with Crippen LogP contribution in [0, 0.1) is 6.92 Å². The zero-order valence-corrected chi connectivity index (χ0v) is 11.5. The maximum absolute atomic E-state index is 10.6. The van der Waals surface area contributed by atoms with E-state index in [1.54, 1.807) is 0 Å². The van der Waals surface area contributed by atoms with Gasteiger partial charge in [0.15, 0.2) is 17.3 Å². The highest BCUT2D eigenvalue weighted by atomic mass is 32.2. The minimum absolute atomic E-state index is 0.0444. The van der Waals surface area contributed by atoms with Crippen molar-refractivity contribution in [2.75, 3.05) is 5.75 Å². The van der Waals surface area contributed by atoms with Gasteiger partial charge in [-0.05, 0) is 13.3 Å². The molecule has 0 unspecified atom stereocenters. The van der Waals surface area contributed by atoms with Gasteiger partial charge in [-0.25, -0.2) is 4.98 Å². The number of nitrogens with zero attached hydrogens (tertiary/aromatic N) is 4. The van der Waals surface area contributed by atoms with E-state index in [0.717, 1.165) is 23.9 Å². The summed E-state index contributed by atoms with van der Waals surface area (Å²) in [4.78, 5) is 14.7. The summed E-state index contributed by atoms with van der Waals surface area (Å²) in [5.41, 5.74) is 0.736. The number of rotatable bonds is 6. The normalized spacial score (nSPS) is 10.8. The summed E-state index contributed by atoms with van der Waals surface area (Å²) in [6.45, 7) is 4.56. The maximum atomic E-state index is 10.6. The van der Waals surface area contributed by atoms with E-state index in [-0.39, 0.29) is 5.75 Å². The molecule has 8 heteroatoms. The van der Waals surface area contributed by atoms with Crippen LogP contribution in [0.4, 0.5) is 0 Å². The molecule has 2 aromatic heterocycles. The highest BCUT2D eigenvalue weighted by Crippen LogP contribution is 2.26. The Balaban J connectivity index is 2.34. The van der Waals surface area contributed by atoms with Crippen molar-refractivity contribution in [3.05, 3.63) is 12.1 Å². The lowest BCUT2D eigenvalue weighted by Gasteiger charge is -2.06. The number of oxazole rings is 1. The molecule has 0 aliphatic heterocycles. The van der Waals surface area contributed by atoms with Gasteiger partial charge in [0, 0.05) is 6.54 Å². The van der Waals surface area contributed by atoms with Crippen LogP contribution in [-0.4, -0.2) is 36.6 Å². The van der Waals surface area contributed by atoms with Gasteiger partial charge in [-0.1, -0.05) is 18.7 Å². The molecule has 1 N–H and O–H groups in total. The van der Waals surface area contributed by atoms with Gasteiger partial charge in [-0.3, -0.25) is 9.36 Å². The van der Waals surface area contributed by atoms with Crippen molar-refractivity contribution in [2.45, 2.75) is 32.0 Å². The van der Waals surface area contributed by atoms with E-state index in [2.05, 4.69) is 15.2 Å². The minimum atomic E-state index is -0.881. The monoisotopic (exact) mass is 282 g/mol. The lowest BCUT2D eigenvalue weighted by atomic mass is 10.3. The van der Waals surface area contributed by atoms with Crippen LogP contribution in [0.1, 0.15) is 19.0 Å². The maximum Gasteiger partial charge on any atom is 0.313 e. The average molecular weight is 282 g/mol. The zero-order valence-electron chi connectivity index (χ0n) is 10.7. The molecule has 19 heavy (non-hydrogen) atoms. The molecule has 102 valence electrons. The average Bonchev–Trinajstić information content (AvgIpc) is 2.94. The van der Waals surface area contributed by atoms with Gasteiger partial charge >= 0.3 is 5.97 Å². The number of aromatic nitrogens is 4. The first-order chi connectivity index (χ1) is 9.13. The lowest BCUT2D eigenvalue weighted by molar-refractivity contribution is -0.133. The predicted octanol–water partition coefficient (Wildman–Crippen LogP) is 1.83. The third-order valence-electron chi connectivity index (χ3n) is 2.44. The second-order valence-electron chi connectivity index (χ2n) is 3.91. The molecule has 0 aromatic carbocycles. The van der Waals surface area contributed by atoms with Crippen molar-refractivity contribution in [2.24, 2.45) is 0 Å². The van der Waals surface area contributed by atoms with Crippen LogP contribution in [-0.2, 0) is 11.3 Å². The Labute approximate surface area is 114 Å². The molecule has 7 nitrogen and oxygen atoms in total. The van der Waals surface area contributed by atoms with Crippen LogP contribution in [0.25, 0.3) is 11.6 Å². The molecular formula is C11H14N4O3S. The fourth-order valence-corrected chi connectivity index (χ4v) is 2.32. The zero-order chi connectivity index (χ0) is 13.8. The Bertz CT molecular complexity index is 578. The Morgan fingerprint density at radius 1 is 1.53 bits per heavy atom. The Morgan fingerprint density at radius 3 is 2.89 bits per heavy atom. The largest absolute Gasteiger partial charge is 0.481 e. The van der Waals surface area contributed by atoms with E-state index in [9.17, 15) is 4.79 Å². The summed E-state index contributed by atoms with van der Waals surface area (Å²) in [7, 11) is 0. The van der Waals surface area contributed by atoms with Crippen LogP contribution < -0.4 is 0 Å². The Hall–Kier alpha value is -1.83. The summed E-state index contributed by atoms with van der Waals surface area (Å²) < 4.78 is 7.18. The molecule has 0 saturated heterocycles. The highest BCUT2D eigenvalue weighted by Gasteiger charge is 2.19. The van der Waals surface area contributed by atoms with Gasteiger partial charge in [-0.2, -0.15) is 0 Å². The lowest BCUT2D eigenvalue weighted by Crippen LogP contribution is -2.04. The molecular weight excluding hydrogens is 268 g/mol. The topological polar surface area (TPSA) is 94.0 Å². The Kier molecular flexibility index (Phi) is 4.20. The van der Waals surface area contributed by atoms with Gasteiger partial charge in [0.05, 0.1) is 11.4 Å². The molecule has 2 aromatic rings. The number of carboxylic acid groups (broad SMARTS) is 1. The van der Waals surface area contributed by atoms with Crippen LogP contribution >= 0.6 is 11.8 Å². The van der Waals surface area contributed by atoms with Gasteiger partial charge in [-0.15, -0.1) is 10.2 Å². The van der Waals surface area contributed by atoms with E-state index in [4.69, 9.17) is 9.52 Å². The summed E-state index contributed by atoms with van der Waals surface area (Å²) >= 11 is 1.15. The first-order valence-corrected chi connectivity index (χ1v) is 6.80. The number of thioether (sulfide) groups is 1. The Morgan fingerprint density at radius 2 is 2.32 bits per heavy atom. The van der Waals surface area contributed by atoms with E-state index < -0.39 is 5.97 Å². The van der Waals surface area contributed by atoms with Crippen molar-refractivity contribution < 1.29 is 14.3 Å². The molecule has 2 rings (SSSR count). The molecule has 0 spiro atoms. The predicted molar refractivity (Wildman–Crippen MR) is 68.9 cm³/mol. The van der Waals surface area contributed by atoms with E-state index in [1.165, 1.54) is 6.39 Å². The standard InChI is InChI=1S/C11H14N4O3S/c1-3-4-15-10(9-7(2)12-6-18-9)13-14-11(15)19-5-8(16)17/h6H,3-5H2,1-2H3,(H,16,17). The molecule has 2 heterocycles. The number of aliphatic carboxylic acids is 1. The third-order valence-corrected chi connectivity index (χ3v) is 3.39. The van der Waals surface area contributed by atoms with Crippen LogP contribution in [0.3, 0.4) is 0 Å². The molecule has 0 aliphatic carbocycles. The first-order valence-electron chi connectivity index (χ1n) is 5.81. The number of hydrogen-bond acceptors (Lipinski definition) is 6. The van der Waals surface area contributed by atoms with Gasteiger partial charge in [0.25, 0.3) is 0 Å². The van der Waals surface area contributed by atoms with E-state index >= 15 is 0 Å². The van der Waals surface area contributed by atoms with Gasteiger partial charge in [0.1, 0.15) is 0 Å². The summed E-state index contributed by atoms with van der Waals surface area (Å²) in [5, 5.41) is 17.4. The van der Waals surface area contributed by atoms with Crippen molar-refractivity contribution >= 4 is 17.7 Å². The molecule has 0 radical (unpaired) electrons. The second kappa shape index (κ2) is 5.87. The van der Waals surface area contributed by atoms with Crippen LogP contribution in [0.15, 0.2) is 16.0 Å². The number of carbonyl (C=O) groups is 1. The van der Waals surface area contributed by atoms with Crippen molar-refractivity contribution in [3.63, 3.8) is 0 Å². The molecule has 0 bridgehead atoms. The number of carboxylic acids is 1. The number of hydrogen-bond donors (Lipinski definition) is 1.